The molecule has 8 atom stereocenters. The van der Waals surface area contributed by atoms with Crippen molar-refractivity contribution >= 4 is 0 Å². The van der Waals surface area contributed by atoms with Gasteiger partial charge in [-0.15, -0.1) is 0 Å². The first kappa shape index (κ1) is 22.0. The largest absolute Gasteiger partial charge is 0.374 e. The molecule has 0 N–H and O–H groups in total. The lowest BCUT2D eigenvalue weighted by molar-refractivity contribution is -0.0881. The molecule has 4 aliphatic rings. The Bertz CT molecular complexity index is 428. The van der Waals surface area contributed by atoms with Crippen LogP contribution in [0.25, 0.3) is 0 Å². The van der Waals surface area contributed by atoms with E-state index >= 15 is 0 Å². The van der Waals surface area contributed by atoms with Gasteiger partial charge in [0.1, 0.15) is 0 Å². The molecular formula is C24H42O5. The fourth-order valence-corrected chi connectivity index (χ4v) is 4.80. The van der Waals surface area contributed by atoms with E-state index in [9.17, 15) is 0 Å². The highest BCUT2D eigenvalue weighted by Gasteiger charge is 2.40. The van der Waals surface area contributed by atoms with Crippen LogP contribution in [0.15, 0.2) is 0 Å². The van der Waals surface area contributed by atoms with Crippen LogP contribution >= 0.6 is 0 Å². The summed E-state index contributed by atoms with van der Waals surface area (Å²) >= 11 is 0. The first-order chi connectivity index (χ1) is 14.2. The standard InChI is InChI=1S/C24H42O5/c1-3-5-7-17(9-19-13-25-19)23(11-21-15-27-21)29-24(12-22-16-28-22)18(8-6-4-2)10-20-14-26-20/h17-24H,3-16H2,1-2H3. The zero-order valence-electron chi connectivity index (χ0n) is 18.6. The van der Waals surface area contributed by atoms with Gasteiger partial charge in [0, 0.05) is 12.8 Å². The van der Waals surface area contributed by atoms with Gasteiger partial charge in [-0.2, -0.15) is 0 Å². The molecule has 0 aromatic heterocycles. The average molecular weight is 411 g/mol. The van der Waals surface area contributed by atoms with E-state index in [1.165, 1.54) is 38.5 Å². The lowest BCUT2D eigenvalue weighted by Gasteiger charge is -2.35. The van der Waals surface area contributed by atoms with E-state index in [1.54, 1.807) is 0 Å². The molecule has 5 nitrogen and oxygen atoms in total. The van der Waals surface area contributed by atoms with Crippen molar-refractivity contribution in [2.24, 2.45) is 11.8 Å². The summed E-state index contributed by atoms with van der Waals surface area (Å²) in [6.45, 7) is 8.26. The minimum atomic E-state index is 0.284. The van der Waals surface area contributed by atoms with Crippen molar-refractivity contribution in [1.29, 1.82) is 0 Å². The van der Waals surface area contributed by atoms with E-state index in [0.29, 0.717) is 36.3 Å². The van der Waals surface area contributed by atoms with E-state index in [1.807, 2.05) is 0 Å². The molecule has 0 aromatic carbocycles. The van der Waals surface area contributed by atoms with Crippen molar-refractivity contribution in [3.05, 3.63) is 0 Å². The van der Waals surface area contributed by atoms with Crippen molar-refractivity contribution < 1.29 is 23.7 Å². The first-order valence-corrected chi connectivity index (χ1v) is 12.4. The molecule has 0 aromatic rings. The Kier molecular flexibility index (Phi) is 8.27. The number of unbranched alkanes of at least 4 members (excludes halogenated alkanes) is 2. The fourth-order valence-electron chi connectivity index (χ4n) is 4.80. The third kappa shape index (κ3) is 8.10. The van der Waals surface area contributed by atoms with Crippen LogP contribution in [0.1, 0.15) is 78.1 Å². The lowest BCUT2D eigenvalue weighted by atomic mass is 9.86. The van der Waals surface area contributed by atoms with Gasteiger partial charge in [-0.3, -0.25) is 0 Å². The molecule has 4 saturated heterocycles. The van der Waals surface area contributed by atoms with Crippen molar-refractivity contribution in [2.75, 3.05) is 26.4 Å². The molecule has 29 heavy (non-hydrogen) atoms. The Morgan fingerprint density at radius 2 is 0.966 bits per heavy atom. The second kappa shape index (κ2) is 10.9. The van der Waals surface area contributed by atoms with Crippen LogP contribution < -0.4 is 0 Å². The number of epoxide rings is 4. The number of hydrogen-bond donors (Lipinski definition) is 0. The van der Waals surface area contributed by atoms with Gasteiger partial charge in [0.2, 0.25) is 0 Å². The minimum Gasteiger partial charge on any atom is -0.374 e. The Hall–Kier alpha value is -0.200. The van der Waals surface area contributed by atoms with E-state index in [4.69, 9.17) is 23.7 Å². The molecule has 168 valence electrons. The zero-order chi connectivity index (χ0) is 20.1. The summed E-state index contributed by atoms with van der Waals surface area (Å²) < 4.78 is 29.5. The predicted molar refractivity (Wildman–Crippen MR) is 112 cm³/mol. The van der Waals surface area contributed by atoms with E-state index in [2.05, 4.69) is 13.8 Å². The molecule has 0 spiro atoms. The normalized spacial score (nSPS) is 33.7. The van der Waals surface area contributed by atoms with E-state index < -0.39 is 0 Å². The predicted octanol–water partition coefficient (Wildman–Crippen LogP) is 4.51. The third-order valence-electron chi connectivity index (χ3n) is 6.99. The lowest BCUT2D eigenvalue weighted by Crippen LogP contribution is -2.36. The number of rotatable bonds is 18. The maximum Gasteiger partial charge on any atom is 0.0834 e. The fraction of sp³-hybridized carbons (Fsp3) is 1.00. The quantitative estimate of drug-likeness (QED) is 0.311. The monoisotopic (exact) mass is 410 g/mol. The Morgan fingerprint density at radius 3 is 1.28 bits per heavy atom. The molecule has 8 unspecified atom stereocenters. The van der Waals surface area contributed by atoms with Crippen LogP contribution in [-0.4, -0.2) is 63.1 Å². The maximum atomic E-state index is 7.06. The molecule has 4 aliphatic heterocycles. The molecule has 0 amide bonds. The van der Waals surface area contributed by atoms with E-state index in [0.717, 1.165) is 52.1 Å². The Labute approximate surface area is 177 Å². The van der Waals surface area contributed by atoms with Crippen LogP contribution in [0.2, 0.25) is 0 Å². The molecule has 4 heterocycles. The molecule has 4 rings (SSSR count). The molecule has 0 aliphatic carbocycles. The van der Waals surface area contributed by atoms with Gasteiger partial charge in [-0.25, -0.2) is 0 Å². The molecular weight excluding hydrogens is 368 g/mol. The zero-order valence-corrected chi connectivity index (χ0v) is 18.6. The summed E-state index contributed by atoms with van der Waals surface area (Å²) in [5.41, 5.74) is 0. The summed E-state index contributed by atoms with van der Waals surface area (Å²) in [7, 11) is 0. The van der Waals surface area contributed by atoms with Crippen molar-refractivity contribution in [1.82, 2.24) is 0 Å². The maximum absolute atomic E-state index is 7.06. The highest BCUT2D eigenvalue weighted by Crippen LogP contribution is 2.37. The summed E-state index contributed by atoms with van der Waals surface area (Å²) in [6.07, 6.45) is 14.2. The second-order valence-corrected chi connectivity index (χ2v) is 9.78. The number of ether oxygens (including phenoxy) is 5. The summed E-state index contributed by atoms with van der Waals surface area (Å²) in [6, 6.07) is 0. The molecule has 4 fully saturated rings. The summed E-state index contributed by atoms with van der Waals surface area (Å²) in [4.78, 5) is 0. The SMILES string of the molecule is CCCCC(CC1CO1)C(CC1CO1)OC(CC1CO1)C(CCCC)CC1CO1. The molecule has 5 heteroatoms. The van der Waals surface area contributed by atoms with Gasteiger partial charge >= 0.3 is 0 Å². The van der Waals surface area contributed by atoms with Gasteiger partial charge in [-0.05, 0) is 37.5 Å². The van der Waals surface area contributed by atoms with Crippen molar-refractivity contribution in [3.63, 3.8) is 0 Å². The summed E-state index contributed by atoms with van der Waals surface area (Å²) in [5.74, 6) is 1.16. The van der Waals surface area contributed by atoms with Crippen LogP contribution in [-0.2, 0) is 23.7 Å². The highest BCUT2D eigenvalue weighted by molar-refractivity contribution is 4.88. The Morgan fingerprint density at radius 1 is 0.621 bits per heavy atom. The topological polar surface area (TPSA) is 59.4 Å². The Balaban J connectivity index is 1.43. The van der Waals surface area contributed by atoms with Crippen LogP contribution in [0.5, 0.6) is 0 Å². The van der Waals surface area contributed by atoms with E-state index in [-0.39, 0.29) is 12.2 Å². The number of hydrogen-bond acceptors (Lipinski definition) is 5. The highest BCUT2D eigenvalue weighted by atomic mass is 16.6. The first-order valence-electron chi connectivity index (χ1n) is 12.4. The van der Waals surface area contributed by atoms with Gasteiger partial charge in [-0.1, -0.05) is 39.5 Å². The van der Waals surface area contributed by atoms with Crippen LogP contribution in [0, 0.1) is 11.8 Å². The van der Waals surface area contributed by atoms with Crippen LogP contribution in [0.4, 0.5) is 0 Å². The molecule has 0 saturated carbocycles. The van der Waals surface area contributed by atoms with Gasteiger partial charge in [0.15, 0.2) is 0 Å². The average Bonchev–Trinajstić information content (AvgIpc) is 3.56. The second-order valence-electron chi connectivity index (χ2n) is 9.78. The van der Waals surface area contributed by atoms with Crippen molar-refractivity contribution in [2.45, 2.75) is 115 Å². The van der Waals surface area contributed by atoms with Crippen molar-refractivity contribution in [3.8, 4) is 0 Å². The molecule has 0 radical (unpaired) electrons. The van der Waals surface area contributed by atoms with Gasteiger partial charge < -0.3 is 23.7 Å². The third-order valence-corrected chi connectivity index (χ3v) is 6.99. The molecule has 0 bridgehead atoms. The van der Waals surface area contributed by atoms with Gasteiger partial charge in [0.05, 0.1) is 63.1 Å². The van der Waals surface area contributed by atoms with Crippen LogP contribution in [0.3, 0.4) is 0 Å². The van der Waals surface area contributed by atoms with Gasteiger partial charge in [0.25, 0.3) is 0 Å². The minimum absolute atomic E-state index is 0.284. The smallest absolute Gasteiger partial charge is 0.0834 e. The summed E-state index contributed by atoms with van der Waals surface area (Å²) in [5, 5.41) is 0.